The first-order valence-corrected chi connectivity index (χ1v) is 8.40. The Labute approximate surface area is 138 Å². The number of anilines is 2. The molecule has 2 rings (SSSR count). The molecular formula is C12H18N5O6S+. The van der Waals surface area contributed by atoms with Crippen LogP contribution in [0.3, 0.4) is 0 Å². The minimum Gasteiger partial charge on any atom is -0.441 e. The Morgan fingerprint density at radius 2 is 2.38 bits per heavy atom. The second-order valence-corrected chi connectivity index (χ2v) is 5.72. The smallest absolute Gasteiger partial charge is 0.441 e. The molecule has 5 N–H and O–H groups in total. The van der Waals surface area contributed by atoms with Gasteiger partial charge in [-0.1, -0.05) is 12.2 Å². The standard InChI is InChI=1S/C12H17N5O6S/c1-2-22-12(18)16-11-15-9(8-5-3-4-6-14-8)7-10(13)17(11)23-24(19,20)21/h3,5,7-8,14H,2,4,6H2,1H3,(H3,13,15,16,18,19,20,21)/p+1. The number of rotatable bonds is 5. The maximum atomic E-state index is 11.6. The van der Waals surface area contributed by atoms with E-state index in [0.717, 1.165) is 13.0 Å². The fraction of sp³-hybridized carbons (Fsp3) is 0.417. The molecule has 1 aliphatic heterocycles. The Bertz CT molecular complexity index is 751. The van der Waals surface area contributed by atoms with Crippen molar-refractivity contribution in [2.24, 2.45) is 0 Å². The second-order valence-electron chi connectivity index (χ2n) is 4.72. The van der Waals surface area contributed by atoms with Crippen molar-refractivity contribution in [3.63, 3.8) is 0 Å². The fourth-order valence-corrected chi connectivity index (χ4v) is 2.37. The molecule has 0 bridgehead atoms. The van der Waals surface area contributed by atoms with E-state index < -0.39 is 16.5 Å². The van der Waals surface area contributed by atoms with Crippen LogP contribution in [0.2, 0.25) is 0 Å². The first-order valence-electron chi connectivity index (χ1n) is 7.04. The lowest BCUT2D eigenvalue weighted by atomic mass is 10.1. The summed E-state index contributed by atoms with van der Waals surface area (Å²) in [7, 11) is -4.89. The van der Waals surface area contributed by atoms with Crippen molar-refractivity contribution in [2.75, 3.05) is 24.2 Å². The van der Waals surface area contributed by atoms with Gasteiger partial charge >= 0.3 is 22.4 Å². The quantitative estimate of drug-likeness (QED) is 0.304. The first-order chi connectivity index (χ1) is 11.3. The number of amides is 1. The minimum atomic E-state index is -4.89. The van der Waals surface area contributed by atoms with Crippen molar-refractivity contribution in [1.29, 1.82) is 0 Å². The first kappa shape index (κ1) is 17.9. The molecular weight excluding hydrogens is 342 g/mol. The number of nitrogens with two attached hydrogens (primary N) is 1. The lowest BCUT2D eigenvalue weighted by Gasteiger charge is -2.17. The summed E-state index contributed by atoms with van der Waals surface area (Å²) in [6.45, 7) is 2.41. The highest BCUT2D eigenvalue weighted by atomic mass is 32.3. The van der Waals surface area contributed by atoms with Gasteiger partial charge in [-0.25, -0.2) is 9.08 Å². The molecule has 2 heterocycles. The van der Waals surface area contributed by atoms with Crippen molar-refractivity contribution in [2.45, 2.75) is 19.4 Å². The van der Waals surface area contributed by atoms with Crippen LogP contribution in [0.1, 0.15) is 25.1 Å². The van der Waals surface area contributed by atoms with E-state index in [9.17, 15) is 13.2 Å². The molecule has 1 amide bonds. The number of carbonyl (C=O) groups excluding carboxylic acids is 1. The third-order valence-corrected chi connectivity index (χ3v) is 3.28. The number of nitrogens with one attached hydrogen (secondary N) is 2. The van der Waals surface area contributed by atoms with Gasteiger partial charge in [0.05, 0.1) is 12.6 Å². The van der Waals surface area contributed by atoms with Gasteiger partial charge in [0, 0.05) is 6.07 Å². The summed E-state index contributed by atoms with van der Waals surface area (Å²) in [6.07, 6.45) is 3.78. The lowest BCUT2D eigenvalue weighted by Crippen LogP contribution is -2.51. The van der Waals surface area contributed by atoms with Crippen LogP contribution in [-0.4, -0.2) is 37.2 Å². The van der Waals surface area contributed by atoms with Gasteiger partial charge in [0.1, 0.15) is 5.69 Å². The van der Waals surface area contributed by atoms with Gasteiger partial charge in [-0.15, -0.1) is 4.98 Å². The maximum Gasteiger partial charge on any atom is 0.474 e. The molecule has 11 nitrogen and oxygen atoms in total. The Morgan fingerprint density at radius 1 is 1.62 bits per heavy atom. The molecule has 0 spiro atoms. The summed E-state index contributed by atoms with van der Waals surface area (Å²) in [5.41, 5.74) is 6.19. The molecule has 1 aromatic rings. The number of aromatic nitrogens is 2. The van der Waals surface area contributed by atoms with E-state index >= 15 is 0 Å². The number of hydrogen-bond acceptors (Lipinski definition) is 8. The molecule has 0 saturated carbocycles. The Morgan fingerprint density at radius 3 is 2.96 bits per heavy atom. The summed E-state index contributed by atoms with van der Waals surface area (Å²) in [5, 5.41) is 5.38. The number of carbonyl (C=O) groups is 1. The predicted octanol–water partition coefficient (Wildman–Crippen LogP) is -0.658. The second kappa shape index (κ2) is 7.42. The van der Waals surface area contributed by atoms with Crippen LogP contribution >= 0.6 is 0 Å². The number of nitrogens with zero attached hydrogens (tertiary/aromatic N) is 2. The van der Waals surface area contributed by atoms with Crippen LogP contribution in [0.15, 0.2) is 18.2 Å². The molecule has 0 saturated heterocycles. The van der Waals surface area contributed by atoms with E-state index in [2.05, 4.69) is 19.9 Å². The Balaban J connectivity index is 2.43. The van der Waals surface area contributed by atoms with Gasteiger partial charge in [-0.05, 0) is 24.6 Å². The number of hydrogen-bond donors (Lipinski definition) is 4. The molecule has 0 fully saturated rings. The molecule has 24 heavy (non-hydrogen) atoms. The predicted molar refractivity (Wildman–Crippen MR) is 82.1 cm³/mol. The van der Waals surface area contributed by atoms with Crippen molar-refractivity contribution in [1.82, 2.24) is 10.3 Å². The van der Waals surface area contributed by atoms with E-state index in [0.29, 0.717) is 10.4 Å². The highest BCUT2D eigenvalue weighted by Crippen LogP contribution is 2.18. The van der Waals surface area contributed by atoms with Crippen LogP contribution in [0.25, 0.3) is 0 Å². The van der Waals surface area contributed by atoms with E-state index in [1.807, 2.05) is 12.2 Å². The number of nitrogen functional groups attached to an aromatic ring is 1. The Hall–Kier alpha value is -2.44. The molecule has 1 aliphatic rings. The Kier molecular flexibility index (Phi) is 5.54. The normalized spacial score (nSPS) is 17.3. The topological polar surface area (TPSA) is 157 Å². The summed E-state index contributed by atoms with van der Waals surface area (Å²) < 4.78 is 40.3. The largest absolute Gasteiger partial charge is 0.474 e. The van der Waals surface area contributed by atoms with Crippen LogP contribution in [0, 0.1) is 0 Å². The van der Waals surface area contributed by atoms with Crippen molar-refractivity contribution in [3.8, 4) is 0 Å². The highest BCUT2D eigenvalue weighted by molar-refractivity contribution is 7.80. The minimum absolute atomic E-state index is 0.0904. The summed E-state index contributed by atoms with van der Waals surface area (Å²) in [6, 6.07) is 1.08. The van der Waals surface area contributed by atoms with Gasteiger partial charge < -0.3 is 15.8 Å². The zero-order valence-corrected chi connectivity index (χ0v) is 13.6. The van der Waals surface area contributed by atoms with Gasteiger partial charge in [-0.3, -0.25) is 4.55 Å². The molecule has 0 radical (unpaired) electrons. The van der Waals surface area contributed by atoms with Gasteiger partial charge in [-0.2, -0.15) is 13.7 Å². The highest BCUT2D eigenvalue weighted by Gasteiger charge is 2.27. The lowest BCUT2D eigenvalue weighted by molar-refractivity contribution is -0.835. The average Bonchev–Trinajstić information content (AvgIpc) is 2.50. The fourth-order valence-electron chi connectivity index (χ4n) is 2.03. The van der Waals surface area contributed by atoms with Crippen molar-refractivity contribution < 1.29 is 31.5 Å². The van der Waals surface area contributed by atoms with Crippen LogP contribution < -0.4 is 25.4 Å². The zero-order valence-electron chi connectivity index (χ0n) is 12.8. The van der Waals surface area contributed by atoms with Crippen molar-refractivity contribution >= 4 is 28.3 Å². The van der Waals surface area contributed by atoms with Gasteiger partial charge in [0.2, 0.25) is 5.82 Å². The molecule has 0 aliphatic carbocycles. The van der Waals surface area contributed by atoms with Crippen molar-refractivity contribution in [3.05, 3.63) is 23.9 Å². The molecule has 1 aromatic heterocycles. The monoisotopic (exact) mass is 360 g/mol. The van der Waals surface area contributed by atoms with Crippen LogP contribution in [0.5, 0.6) is 0 Å². The summed E-state index contributed by atoms with van der Waals surface area (Å²) in [4.78, 5) is 15.7. The summed E-state index contributed by atoms with van der Waals surface area (Å²) >= 11 is 0. The molecule has 12 heteroatoms. The molecule has 0 aromatic carbocycles. The third kappa shape index (κ3) is 4.78. The van der Waals surface area contributed by atoms with E-state index in [-0.39, 0.29) is 24.4 Å². The number of ether oxygens (including phenoxy) is 1. The van der Waals surface area contributed by atoms with Crippen LogP contribution in [-0.2, 0) is 15.1 Å². The molecule has 1 unspecified atom stereocenters. The average molecular weight is 360 g/mol. The SMILES string of the molecule is CCOC(=O)Nc1nc(C2C=CCCN2)cc(N)[n+]1OS(=O)(=O)O. The van der Waals surface area contributed by atoms with E-state index in [1.165, 1.54) is 6.07 Å². The van der Waals surface area contributed by atoms with Gasteiger partial charge in [0.15, 0.2) is 0 Å². The van der Waals surface area contributed by atoms with Crippen LogP contribution in [0.4, 0.5) is 16.6 Å². The zero-order chi connectivity index (χ0) is 17.7. The van der Waals surface area contributed by atoms with Gasteiger partial charge in [0.25, 0.3) is 0 Å². The van der Waals surface area contributed by atoms with E-state index in [1.54, 1.807) is 6.92 Å². The molecule has 132 valence electrons. The molecule has 1 atom stereocenters. The third-order valence-electron chi connectivity index (χ3n) is 2.94. The van der Waals surface area contributed by atoms with E-state index in [4.69, 9.17) is 15.0 Å². The summed E-state index contributed by atoms with van der Waals surface area (Å²) in [5.74, 6) is -0.563. The maximum absolute atomic E-state index is 11.6.